The van der Waals surface area contributed by atoms with E-state index < -0.39 is 0 Å². The fourth-order valence-electron chi connectivity index (χ4n) is 2.94. The Labute approximate surface area is 98.7 Å². The van der Waals surface area contributed by atoms with Gasteiger partial charge in [-0.25, -0.2) is 0 Å². The summed E-state index contributed by atoms with van der Waals surface area (Å²) in [5, 5.41) is 5.46. The van der Waals surface area contributed by atoms with Gasteiger partial charge in [-0.3, -0.25) is 19.7 Å². The molecule has 0 aromatic heterocycles. The van der Waals surface area contributed by atoms with Gasteiger partial charge in [0.1, 0.15) is 0 Å². The third-order valence-electron chi connectivity index (χ3n) is 3.91. The van der Waals surface area contributed by atoms with E-state index in [0.29, 0.717) is 13.1 Å². The maximum absolute atomic E-state index is 12.1. The molecule has 3 unspecified atom stereocenters. The SMILES string of the molecule is O=C1NC(=O)C2CN(C(=O)C3CCCN3)CC12. The van der Waals surface area contributed by atoms with Gasteiger partial charge in [-0.2, -0.15) is 0 Å². The summed E-state index contributed by atoms with van der Waals surface area (Å²) >= 11 is 0. The highest BCUT2D eigenvalue weighted by molar-refractivity contribution is 6.06. The minimum atomic E-state index is -0.326. The standard InChI is InChI=1S/C11H15N3O3/c15-9-6-4-14(5-7(6)10(16)13-9)11(17)8-2-1-3-12-8/h6-8,12H,1-5H2,(H,13,15,16). The summed E-state index contributed by atoms with van der Waals surface area (Å²) in [6.45, 7) is 1.65. The van der Waals surface area contributed by atoms with E-state index in [0.717, 1.165) is 19.4 Å². The topological polar surface area (TPSA) is 78.5 Å². The number of hydrogen-bond acceptors (Lipinski definition) is 4. The second kappa shape index (κ2) is 3.80. The number of carbonyl (C=O) groups is 3. The van der Waals surface area contributed by atoms with Gasteiger partial charge in [0.05, 0.1) is 17.9 Å². The normalized spacial score (nSPS) is 36.2. The number of nitrogens with one attached hydrogen (secondary N) is 2. The van der Waals surface area contributed by atoms with E-state index in [1.54, 1.807) is 4.90 Å². The largest absolute Gasteiger partial charge is 0.340 e. The molecular weight excluding hydrogens is 222 g/mol. The first-order valence-corrected chi connectivity index (χ1v) is 6.03. The number of nitrogens with zero attached hydrogens (tertiary/aromatic N) is 1. The summed E-state index contributed by atoms with van der Waals surface area (Å²) in [7, 11) is 0. The molecule has 2 N–H and O–H groups in total. The Morgan fingerprint density at radius 3 is 2.35 bits per heavy atom. The number of hydrogen-bond donors (Lipinski definition) is 2. The second-order valence-corrected chi connectivity index (χ2v) is 4.96. The highest BCUT2D eigenvalue weighted by Gasteiger charge is 2.49. The molecule has 0 aliphatic carbocycles. The van der Waals surface area contributed by atoms with Crippen molar-refractivity contribution in [2.24, 2.45) is 11.8 Å². The van der Waals surface area contributed by atoms with E-state index in [1.807, 2.05) is 0 Å². The molecule has 0 aromatic rings. The molecule has 6 heteroatoms. The molecule has 3 aliphatic rings. The Kier molecular flexibility index (Phi) is 2.39. The van der Waals surface area contributed by atoms with Crippen LogP contribution in [0.2, 0.25) is 0 Å². The van der Waals surface area contributed by atoms with Crippen LogP contribution in [0.25, 0.3) is 0 Å². The molecule has 0 spiro atoms. The van der Waals surface area contributed by atoms with Crippen molar-refractivity contribution in [1.82, 2.24) is 15.5 Å². The zero-order chi connectivity index (χ0) is 12.0. The lowest BCUT2D eigenvalue weighted by Gasteiger charge is -2.21. The van der Waals surface area contributed by atoms with Crippen LogP contribution < -0.4 is 10.6 Å². The third kappa shape index (κ3) is 1.63. The quantitative estimate of drug-likeness (QED) is 0.542. The van der Waals surface area contributed by atoms with Crippen molar-refractivity contribution in [2.45, 2.75) is 18.9 Å². The number of amides is 3. The van der Waals surface area contributed by atoms with Crippen LogP contribution in [-0.4, -0.2) is 48.3 Å². The molecular formula is C11H15N3O3. The van der Waals surface area contributed by atoms with Gasteiger partial charge in [-0.15, -0.1) is 0 Å². The zero-order valence-corrected chi connectivity index (χ0v) is 9.44. The van der Waals surface area contributed by atoms with E-state index >= 15 is 0 Å². The highest BCUT2D eigenvalue weighted by Crippen LogP contribution is 2.29. The van der Waals surface area contributed by atoms with E-state index in [9.17, 15) is 14.4 Å². The van der Waals surface area contributed by atoms with Crippen LogP contribution >= 0.6 is 0 Å². The molecule has 0 saturated carbocycles. The molecule has 3 atom stereocenters. The van der Waals surface area contributed by atoms with Gasteiger partial charge < -0.3 is 10.2 Å². The van der Waals surface area contributed by atoms with Crippen molar-refractivity contribution in [2.75, 3.05) is 19.6 Å². The molecule has 3 fully saturated rings. The number of rotatable bonds is 1. The highest BCUT2D eigenvalue weighted by atomic mass is 16.2. The first kappa shape index (κ1) is 10.7. The Morgan fingerprint density at radius 2 is 1.82 bits per heavy atom. The fourth-order valence-corrected chi connectivity index (χ4v) is 2.94. The molecule has 92 valence electrons. The minimum Gasteiger partial charge on any atom is -0.340 e. The lowest BCUT2D eigenvalue weighted by atomic mass is 10.00. The maximum atomic E-state index is 12.1. The Morgan fingerprint density at radius 1 is 1.18 bits per heavy atom. The van der Waals surface area contributed by atoms with Crippen LogP contribution in [0.3, 0.4) is 0 Å². The fraction of sp³-hybridized carbons (Fsp3) is 0.727. The molecule has 6 nitrogen and oxygen atoms in total. The first-order valence-electron chi connectivity index (χ1n) is 6.03. The molecule has 0 aromatic carbocycles. The Hall–Kier alpha value is -1.43. The Bertz CT molecular complexity index is 367. The van der Waals surface area contributed by atoms with Crippen molar-refractivity contribution in [3.8, 4) is 0 Å². The van der Waals surface area contributed by atoms with Gasteiger partial charge in [-0.1, -0.05) is 0 Å². The molecule has 3 aliphatic heterocycles. The molecule has 3 rings (SSSR count). The van der Waals surface area contributed by atoms with E-state index in [4.69, 9.17) is 0 Å². The molecule has 3 saturated heterocycles. The average Bonchev–Trinajstić information content (AvgIpc) is 3.00. The summed E-state index contributed by atoms with van der Waals surface area (Å²) in [5.41, 5.74) is 0. The smallest absolute Gasteiger partial charge is 0.239 e. The van der Waals surface area contributed by atoms with Crippen LogP contribution in [0.1, 0.15) is 12.8 Å². The van der Waals surface area contributed by atoms with Crippen molar-refractivity contribution < 1.29 is 14.4 Å². The van der Waals surface area contributed by atoms with E-state index in [-0.39, 0.29) is 35.6 Å². The summed E-state index contributed by atoms with van der Waals surface area (Å²) in [6.07, 6.45) is 1.86. The lowest BCUT2D eigenvalue weighted by molar-refractivity contribution is -0.133. The van der Waals surface area contributed by atoms with E-state index in [1.165, 1.54) is 0 Å². The van der Waals surface area contributed by atoms with Gasteiger partial charge in [-0.05, 0) is 19.4 Å². The van der Waals surface area contributed by atoms with Crippen molar-refractivity contribution >= 4 is 17.7 Å². The third-order valence-corrected chi connectivity index (χ3v) is 3.91. The molecule has 17 heavy (non-hydrogen) atoms. The molecule has 3 heterocycles. The van der Waals surface area contributed by atoms with Crippen LogP contribution in [0.15, 0.2) is 0 Å². The number of carbonyl (C=O) groups excluding carboxylic acids is 3. The minimum absolute atomic E-state index is 0.0394. The van der Waals surface area contributed by atoms with Gasteiger partial charge >= 0.3 is 0 Å². The second-order valence-electron chi connectivity index (χ2n) is 4.96. The summed E-state index contributed by atoms with van der Waals surface area (Å²) < 4.78 is 0. The summed E-state index contributed by atoms with van der Waals surface area (Å²) in [6, 6.07) is -0.119. The number of likely N-dealkylation sites (tertiary alicyclic amines) is 1. The number of fused-ring (bicyclic) bond motifs is 1. The molecule has 0 radical (unpaired) electrons. The van der Waals surface area contributed by atoms with Gasteiger partial charge in [0.15, 0.2) is 0 Å². The maximum Gasteiger partial charge on any atom is 0.239 e. The van der Waals surface area contributed by atoms with Crippen LogP contribution in [0, 0.1) is 11.8 Å². The van der Waals surface area contributed by atoms with Crippen LogP contribution in [-0.2, 0) is 14.4 Å². The number of imide groups is 1. The predicted octanol–water partition coefficient (Wildman–Crippen LogP) is -1.53. The predicted molar refractivity (Wildman–Crippen MR) is 57.7 cm³/mol. The van der Waals surface area contributed by atoms with Crippen LogP contribution in [0.5, 0.6) is 0 Å². The van der Waals surface area contributed by atoms with Crippen molar-refractivity contribution in [1.29, 1.82) is 0 Å². The van der Waals surface area contributed by atoms with E-state index in [2.05, 4.69) is 10.6 Å². The summed E-state index contributed by atoms with van der Waals surface area (Å²) in [5.74, 6) is -1.07. The van der Waals surface area contributed by atoms with Crippen molar-refractivity contribution in [3.05, 3.63) is 0 Å². The van der Waals surface area contributed by atoms with Gasteiger partial charge in [0.25, 0.3) is 0 Å². The van der Waals surface area contributed by atoms with Crippen molar-refractivity contribution in [3.63, 3.8) is 0 Å². The summed E-state index contributed by atoms with van der Waals surface area (Å²) in [4.78, 5) is 36.7. The average molecular weight is 237 g/mol. The first-order chi connectivity index (χ1) is 8.16. The van der Waals surface area contributed by atoms with Crippen LogP contribution in [0.4, 0.5) is 0 Å². The van der Waals surface area contributed by atoms with Gasteiger partial charge in [0, 0.05) is 13.1 Å². The zero-order valence-electron chi connectivity index (χ0n) is 9.44. The van der Waals surface area contributed by atoms with Gasteiger partial charge in [0.2, 0.25) is 17.7 Å². The monoisotopic (exact) mass is 237 g/mol. The lowest BCUT2D eigenvalue weighted by Crippen LogP contribution is -2.44. The molecule has 0 bridgehead atoms. The Balaban J connectivity index is 1.70. The molecule has 3 amide bonds.